The third kappa shape index (κ3) is 3.47. The van der Waals surface area contributed by atoms with Crippen LogP contribution in [-0.4, -0.2) is 22.5 Å². The molecule has 0 aliphatic heterocycles. The van der Waals surface area contributed by atoms with Crippen LogP contribution in [-0.2, 0) is 0 Å². The van der Waals surface area contributed by atoms with Gasteiger partial charge in [0, 0.05) is 16.6 Å². The predicted molar refractivity (Wildman–Crippen MR) is 93.8 cm³/mol. The van der Waals surface area contributed by atoms with Crippen molar-refractivity contribution in [2.45, 2.75) is 31.7 Å². The van der Waals surface area contributed by atoms with E-state index < -0.39 is 0 Å². The van der Waals surface area contributed by atoms with Crippen LogP contribution in [0.5, 0.6) is 5.75 Å². The number of hydrogen-bond donors (Lipinski definition) is 3. The third-order valence-electron chi connectivity index (χ3n) is 4.48. The minimum atomic E-state index is -0.0522. The average Bonchev–Trinajstić information content (AvgIpc) is 3.06. The van der Waals surface area contributed by atoms with Gasteiger partial charge in [-0.2, -0.15) is 5.10 Å². The molecule has 2 saturated carbocycles. The number of nitrogens with one attached hydrogen (secondary N) is 2. The molecule has 2 bridgehead atoms. The average molecular weight is 358 g/mol. The number of aromatic hydroxyl groups is 1. The molecule has 1 aromatic carbocycles. The number of nitrogens with zero attached hydrogens (tertiary/aromatic N) is 1. The first kappa shape index (κ1) is 15.8. The largest absolute Gasteiger partial charge is 0.506 e. The maximum atomic E-state index is 9.83. The normalized spacial score (nSPS) is 26.5. The molecule has 2 aliphatic rings. The van der Waals surface area contributed by atoms with Gasteiger partial charge in [-0.3, -0.25) is 5.43 Å². The Kier molecular flexibility index (Phi) is 4.76. The fraction of sp³-hybridized carbons (Fsp3) is 0.467. The van der Waals surface area contributed by atoms with Gasteiger partial charge in [0.2, 0.25) is 0 Å². The van der Waals surface area contributed by atoms with Crippen molar-refractivity contribution in [2.24, 2.45) is 16.9 Å². The Balaban J connectivity index is 1.55. The van der Waals surface area contributed by atoms with Crippen molar-refractivity contribution in [3.63, 3.8) is 0 Å². The summed E-state index contributed by atoms with van der Waals surface area (Å²) in [5, 5.41) is 18.3. The van der Waals surface area contributed by atoms with Crippen LogP contribution in [0.1, 0.15) is 31.2 Å². The molecule has 0 spiro atoms. The monoisotopic (exact) mass is 357 g/mol. The minimum Gasteiger partial charge on any atom is -0.506 e. The lowest BCUT2D eigenvalue weighted by molar-refractivity contribution is 0.389. The van der Waals surface area contributed by atoms with Gasteiger partial charge in [0.1, 0.15) is 5.75 Å². The Morgan fingerprint density at radius 3 is 2.82 bits per heavy atom. The molecular weight excluding hydrogens is 341 g/mol. The highest BCUT2D eigenvalue weighted by atomic mass is 35.5. The van der Waals surface area contributed by atoms with Crippen molar-refractivity contribution in [1.29, 1.82) is 0 Å². The lowest BCUT2D eigenvalue weighted by Crippen LogP contribution is -2.42. The fourth-order valence-corrected chi connectivity index (χ4v) is 4.18. The summed E-state index contributed by atoms with van der Waals surface area (Å²) >= 11 is 17.0. The van der Waals surface area contributed by atoms with Crippen molar-refractivity contribution < 1.29 is 5.11 Å². The first-order valence-electron chi connectivity index (χ1n) is 7.30. The summed E-state index contributed by atoms with van der Waals surface area (Å²) in [4.78, 5) is 0. The van der Waals surface area contributed by atoms with E-state index in [9.17, 15) is 5.11 Å². The molecule has 3 rings (SSSR count). The van der Waals surface area contributed by atoms with E-state index >= 15 is 0 Å². The standard InChI is InChI=1S/C15H17Cl2N3OS/c16-11-5-10(14(21)12(17)6-11)7-18-20-15(22)19-13-4-8-1-2-9(13)3-8/h5-9,13,21H,1-4H2,(H2,19,20,22)/b18-7-/t8-,9-,13+/m0/s1. The van der Waals surface area contributed by atoms with Crippen LogP contribution in [0.2, 0.25) is 10.0 Å². The van der Waals surface area contributed by atoms with E-state index in [0.29, 0.717) is 21.7 Å². The SMILES string of the molecule is Oc1c(Cl)cc(Cl)cc1/C=N\NC(=S)N[C@@H]1C[C@H]2CC[C@H]1C2. The van der Waals surface area contributed by atoms with Gasteiger partial charge < -0.3 is 10.4 Å². The Hall–Kier alpha value is -1.04. The second kappa shape index (κ2) is 6.60. The molecule has 3 N–H and O–H groups in total. The van der Waals surface area contributed by atoms with E-state index in [0.717, 1.165) is 11.8 Å². The minimum absolute atomic E-state index is 0.0522. The molecule has 0 amide bonds. The van der Waals surface area contributed by atoms with Gasteiger partial charge in [0.25, 0.3) is 0 Å². The Morgan fingerprint density at radius 1 is 1.32 bits per heavy atom. The van der Waals surface area contributed by atoms with E-state index in [1.807, 2.05) is 0 Å². The van der Waals surface area contributed by atoms with E-state index in [4.69, 9.17) is 35.4 Å². The number of halogens is 2. The van der Waals surface area contributed by atoms with E-state index in [1.165, 1.54) is 38.0 Å². The molecule has 2 aliphatic carbocycles. The van der Waals surface area contributed by atoms with Gasteiger partial charge in [-0.05, 0) is 55.4 Å². The molecule has 3 atom stereocenters. The van der Waals surface area contributed by atoms with Crippen molar-refractivity contribution in [2.75, 3.05) is 0 Å². The topological polar surface area (TPSA) is 56.7 Å². The van der Waals surface area contributed by atoms with Gasteiger partial charge in [-0.25, -0.2) is 0 Å². The van der Waals surface area contributed by atoms with E-state index in [-0.39, 0.29) is 10.8 Å². The number of hydrazone groups is 1. The maximum Gasteiger partial charge on any atom is 0.187 e. The first-order chi connectivity index (χ1) is 10.5. The maximum absolute atomic E-state index is 9.83. The predicted octanol–water partition coefficient (Wildman–Crippen LogP) is 3.69. The summed E-state index contributed by atoms with van der Waals surface area (Å²) in [5.41, 5.74) is 3.21. The molecule has 1 aromatic rings. The molecule has 0 heterocycles. The van der Waals surface area contributed by atoms with Crippen LogP contribution in [0.4, 0.5) is 0 Å². The highest BCUT2D eigenvalue weighted by Crippen LogP contribution is 2.44. The van der Waals surface area contributed by atoms with Crippen LogP contribution in [0.15, 0.2) is 17.2 Å². The number of hydrogen-bond acceptors (Lipinski definition) is 3. The molecule has 118 valence electrons. The molecule has 22 heavy (non-hydrogen) atoms. The fourth-order valence-electron chi connectivity index (χ4n) is 3.47. The van der Waals surface area contributed by atoms with E-state index in [2.05, 4.69) is 15.8 Å². The van der Waals surface area contributed by atoms with E-state index in [1.54, 1.807) is 6.07 Å². The second-order valence-corrected chi connectivity index (χ2v) is 7.20. The van der Waals surface area contributed by atoms with Gasteiger partial charge in [0.05, 0.1) is 11.2 Å². The van der Waals surface area contributed by atoms with Crippen molar-refractivity contribution in [3.05, 3.63) is 27.7 Å². The van der Waals surface area contributed by atoms with Gasteiger partial charge in [-0.15, -0.1) is 0 Å². The quantitative estimate of drug-likeness (QED) is 0.438. The van der Waals surface area contributed by atoms with Crippen molar-refractivity contribution in [3.8, 4) is 5.75 Å². The number of phenols is 1. The summed E-state index contributed by atoms with van der Waals surface area (Å²) in [6.45, 7) is 0. The summed E-state index contributed by atoms with van der Waals surface area (Å²) in [6, 6.07) is 3.52. The zero-order valence-corrected chi connectivity index (χ0v) is 14.2. The lowest BCUT2D eigenvalue weighted by Gasteiger charge is -2.23. The second-order valence-electron chi connectivity index (χ2n) is 5.95. The van der Waals surface area contributed by atoms with Gasteiger partial charge >= 0.3 is 0 Å². The zero-order valence-electron chi connectivity index (χ0n) is 11.9. The molecule has 4 nitrogen and oxygen atoms in total. The number of rotatable bonds is 3. The number of benzene rings is 1. The number of phenolic OH excluding ortho intramolecular Hbond substituents is 1. The third-order valence-corrected chi connectivity index (χ3v) is 5.20. The Morgan fingerprint density at radius 2 is 2.14 bits per heavy atom. The molecule has 0 radical (unpaired) electrons. The molecule has 2 fully saturated rings. The van der Waals surface area contributed by atoms with Crippen LogP contribution < -0.4 is 10.7 Å². The van der Waals surface area contributed by atoms with Crippen molar-refractivity contribution >= 4 is 46.7 Å². The Labute approximate surface area is 144 Å². The van der Waals surface area contributed by atoms with Crippen LogP contribution >= 0.6 is 35.4 Å². The molecular formula is C15H17Cl2N3OS. The number of fused-ring (bicyclic) bond motifs is 2. The van der Waals surface area contributed by atoms with Crippen LogP contribution in [0, 0.1) is 11.8 Å². The summed E-state index contributed by atoms with van der Waals surface area (Å²) in [5.74, 6) is 1.55. The molecule has 0 saturated heterocycles. The first-order valence-corrected chi connectivity index (χ1v) is 8.47. The van der Waals surface area contributed by atoms with Crippen LogP contribution in [0.3, 0.4) is 0 Å². The van der Waals surface area contributed by atoms with Crippen molar-refractivity contribution in [1.82, 2.24) is 10.7 Å². The van der Waals surface area contributed by atoms with Gasteiger partial charge in [-0.1, -0.05) is 29.6 Å². The van der Waals surface area contributed by atoms with Gasteiger partial charge in [0.15, 0.2) is 5.11 Å². The smallest absolute Gasteiger partial charge is 0.187 e. The molecule has 7 heteroatoms. The summed E-state index contributed by atoms with van der Waals surface area (Å²) in [7, 11) is 0. The number of thiocarbonyl (C=S) groups is 1. The van der Waals surface area contributed by atoms with Crippen LogP contribution in [0.25, 0.3) is 0 Å². The molecule has 0 unspecified atom stereocenters. The molecule has 0 aromatic heterocycles. The highest BCUT2D eigenvalue weighted by Gasteiger charge is 2.39. The summed E-state index contributed by atoms with van der Waals surface area (Å²) in [6.07, 6.45) is 6.61. The summed E-state index contributed by atoms with van der Waals surface area (Å²) < 4.78 is 0. The highest BCUT2D eigenvalue weighted by molar-refractivity contribution is 7.80. The zero-order chi connectivity index (χ0) is 15.7. The Bertz CT molecular complexity index is 623. The lowest BCUT2D eigenvalue weighted by atomic mass is 9.96.